The number of hydrogen-bond donors (Lipinski definition) is 1. The molecule has 0 bridgehead atoms. The number of morpholine rings is 1. The summed E-state index contributed by atoms with van der Waals surface area (Å²) in [5.74, 6) is 0. The van der Waals surface area contributed by atoms with Gasteiger partial charge in [0.25, 0.3) is 0 Å². The van der Waals surface area contributed by atoms with Gasteiger partial charge in [-0.25, -0.2) is 0 Å². The lowest BCUT2D eigenvalue weighted by Gasteiger charge is -2.38. The molecule has 1 fully saturated rings. The second-order valence-electron chi connectivity index (χ2n) is 5.64. The van der Waals surface area contributed by atoms with Crippen LogP contribution in [0.1, 0.15) is 12.5 Å². The van der Waals surface area contributed by atoms with Crippen molar-refractivity contribution in [3.8, 4) is 6.07 Å². The number of fused-ring (bicyclic) bond motifs is 1. The molecule has 2 atom stereocenters. The molecule has 0 unspecified atom stereocenters. The van der Waals surface area contributed by atoms with Gasteiger partial charge in [0.15, 0.2) is 0 Å². The Balaban J connectivity index is 1.96. The van der Waals surface area contributed by atoms with E-state index < -0.39 is 0 Å². The second kappa shape index (κ2) is 6.63. The van der Waals surface area contributed by atoms with Crippen molar-refractivity contribution in [2.45, 2.75) is 19.1 Å². The molecule has 3 rings (SSSR count). The van der Waals surface area contributed by atoms with Crippen molar-refractivity contribution in [3.05, 3.63) is 36.0 Å². The van der Waals surface area contributed by atoms with E-state index in [0.29, 0.717) is 30.6 Å². The van der Waals surface area contributed by atoms with Crippen molar-refractivity contribution in [1.82, 2.24) is 10.3 Å². The molecule has 1 amide bonds. The first-order chi connectivity index (χ1) is 11.2. The highest BCUT2D eigenvalue weighted by Crippen LogP contribution is 2.30. The number of carbonyl (C=O) groups is 1. The van der Waals surface area contributed by atoms with Crippen LogP contribution in [0.3, 0.4) is 0 Å². The summed E-state index contributed by atoms with van der Waals surface area (Å²) in [5, 5.41) is 12.9. The zero-order chi connectivity index (χ0) is 16.2. The van der Waals surface area contributed by atoms with Crippen LogP contribution in [0.2, 0.25) is 0 Å². The number of aromatic nitrogens is 1. The van der Waals surface area contributed by atoms with Crippen molar-refractivity contribution < 1.29 is 9.53 Å². The second-order valence-corrected chi connectivity index (χ2v) is 5.64. The first kappa shape index (κ1) is 15.3. The quantitative estimate of drug-likeness (QED) is 0.865. The molecular weight excluding hydrogens is 292 g/mol. The molecule has 0 spiro atoms. The number of nitrogens with one attached hydrogen (secondary N) is 1. The predicted octanol–water partition coefficient (Wildman–Crippen LogP) is 1.45. The molecule has 1 N–H and O–H groups in total. The normalized spacial score (nSPS) is 21.0. The number of rotatable bonds is 4. The Hall–Kier alpha value is -2.65. The van der Waals surface area contributed by atoms with Crippen molar-refractivity contribution in [1.29, 1.82) is 5.26 Å². The fourth-order valence-corrected chi connectivity index (χ4v) is 3.06. The van der Waals surface area contributed by atoms with E-state index in [1.165, 1.54) is 0 Å². The van der Waals surface area contributed by atoms with Gasteiger partial charge in [-0.15, -0.1) is 0 Å². The van der Waals surface area contributed by atoms with Crippen molar-refractivity contribution in [2.75, 3.05) is 24.5 Å². The van der Waals surface area contributed by atoms with E-state index >= 15 is 0 Å². The van der Waals surface area contributed by atoms with Crippen molar-refractivity contribution >= 4 is 23.0 Å². The molecule has 1 aliphatic rings. The first-order valence-electron chi connectivity index (χ1n) is 7.58. The lowest BCUT2D eigenvalue weighted by molar-refractivity contribution is -0.110. The van der Waals surface area contributed by atoms with E-state index in [9.17, 15) is 10.1 Å². The number of amides is 1. The van der Waals surface area contributed by atoms with E-state index in [1.807, 2.05) is 31.2 Å². The van der Waals surface area contributed by atoms with E-state index in [2.05, 4.69) is 21.3 Å². The summed E-state index contributed by atoms with van der Waals surface area (Å²) in [4.78, 5) is 17.1. The van der Waals surface area contributed by atoms with Crippen LogP contribution in [0.4, 0.5) is 5.69 Å². The minimum absolute atomic E-state index is 0.0598. The minimum atomic E-state index is -0.0636. The highest BCUT2D eigenvalue weighted by atomic mass is 16.5. The number of pyridine rings is 1. The molecule has 6 heteroatoms. The summed E-state index contributed by atoms with van der Waals surface area (Å²) in [5.41, 5.74) is 2.33. The molecule has 1 aromatic carbocycles. The fraction of sp³-hybridized carbons (Fsp3) is 0.353. The average Bonchev–Trinajstić information content (AvgIpc) is 2.58. The zero-order valence-electron chi connectivity index (χ0n) is 12.9. The lowest BCUT2D eigenvalue weighted by atomic mass is 10.1. The number of benzene rings is 1. The Labute approximate surface area is 134 Å². The predicted molar refractivity (Wildman–Crippen MR) is 87.1 cm³/mol. The van der Waals surface area contributed by atoms with Crippen LogP contribution in [0.5, 0.6) is 0 Å². The SMILES string of the molecule is C[C@@H]1CN(c2ccc(C#N)c3ncccc23)C[C@H](CNC=O)O1. The summed E-state index contributed by atoms with van der Waals surface area (Å²) < 4.78 is 5.87. The molecule has 118 valence electrons. The molecule has 0 radical (unpaired) electrons. The third-order valence-corrected chi connectivity index (χ3v) is 3.96. The fourth-order valence-electron chi connectivity index (χ4n) is 3.06. The third kappa shape index (κ3) is 3.10. The molecule has 0 aliphatic carbocycles. The number of nitrogens with zero attached hydrogens (tertiary/aromatic N) is 3. The largest absolute Gasteiger partial charge is 0.370 e. The maximum atomic E-state index is 10.5. The first-order valence-corrected chi connectivity index (χ1v) is 7.58. The van der Waals surface area contributed by atoms with Crippen LogP contribution >= 0.6 is 0 Å². The van der Waals surface area contributed by atoms with Gasteiger partial charge in [-0.3, -0.25) is 9.78 Å². The van der Waals surface area contributed by atoms with E-state index in [0.717, 1.165) is 17.6 Å². The summed E-state index contributed by atoms with van der Waals surface area (Å²) in [6.07, 6.45) is 2.38. The van der Waals surface area contributed by atoms with Gasteiger partial charge in [-0.2, -0.15) is 5.26 Å². The van der Waals surface area contributed by atoms with Gasteiger partial charge in [0.1, 0.15) is 6.07 Å². The number of nitriles is 1. The van der Waals surface area contributed by atoms with Gasteiger partial charge in [0.2, 0.25) is 6.41 Å². The lowest BCUT2D eigenvalue weighted by Crippen LogP contribution is -2.50. The van der Waals surface area contributed by atoms with Gasteiger partial charge in [0.05, 0.1) is 23.3 Å². The van der Waals surface area contributed by atoms with Crippen LogP contribution in [0.25, 0.3) is 10.9 Å². The van der Waals surface area contributed by atoms with Crippen LogP contribution in [-0.2, 0) is 9.53 Å². The zero-order valence-corrected chi connectivity index (χ0v) is 12.9. The summed E-state index contributed by atoms with van der Waals surface area (Å²) >= 11 is 0. The molecule has 1 aromatic heterocycles. The molecule has 1 saturated heterocycles. The maximum Gasteiger partial charge on any atom is 0.207 e. The maximum absolute atomic E-state index is 10.5. The highest BCUT2D eigenvalue weighted by molar-refractivity contribution is 5.95. The monoisotopic (exact) mass is 310 g/mol. The Morgan fingerprint density at radius 3 is 3.13 bits per heavy atom. The molecule has 2 heterocycles. The molecule has 23 heavy (non-hydrogen) atoms. The van der Waals surface area contributed by atoms with Crippen molar-refractivity contribution in [2.24, 2.45) is 0 Å². The van der Waals surface area contributed by atoms with Gasteiger partial charge >= 0.3 is 0 Å². The van der Waals surface area contributed by atoms with Gasteiger partial charge in [-0.1, -0.05) is 0 Å². The number of ether oxygens (including phenoxy) is 1. The number of anilines is 1. The van der Waals surface area contributed by atoms with Crippen LogP contribution < -0.4 is 10.2 Å². The van der Waals surface area contributed by atoms with Gasteiger partial charge in [0, 0.05) is 36.9 Å². The average molecular weight is 310 g/mol. The Bertz CT molecular complexity index is 756. The van der Waals surface area contributed by atoms with E-state index in [1.54, 1.807) is 6.20 Å². The number of hydrogen-bond acceptors (Lipinski definition) is 5. The third-order valence-electron chi connectivity index (χ3n) is 3.96. The van der Waals surface area contributed by atoms with Crippen LogP contribution in [0, 0.1) is 11.3 Å². The van der Waals surface area contributed by atoms with E-state index in [4.69, 9.17) is 4.74 Å². The Morgan fingerprint density at radius 2 is 2.35 bits per heavy atom. The number of carbonyl (C=O) groups excluding carboxylic acids is 1. The van der Waals surface area contributed by atoms with Gasteiger partial charge in [-0.05, 0) is 31.2 Å². The summed E-state index contributed by atoms with van der Waals surface area (Å²) in [7, 11) is 0. The van der Waals surface area contributed by atoms with Crippen molar-refractivity contribution in [3.63, 3.8) is 0 Å². The minimum Gasteiger partial charge on any atom is -0.370 e. The molecule has 1 aliphatic heterocycles. The van der Waals surface area contributed by atoms with Gasteiger partial charge < -0.3 is 15.0 Å². The van der Waals surface area contributed by atoms with E-state index in [-0.39, 0.29) is 12.2 Å². The highest BCUT2D eigenvalue weighted by Gasteiger charge is 2.26. The Morgan fingerprint density at radius 1 is 1.48 bits per heavy atom. The molecule has 6 nitrogen and oxygen atoms in total. The van der Waals surface area contributed by atoms with Crippen LogP contribution in [-0.4, -0.2) is 43.2 Å². The summed E-state index contributed by atoms with van der Waals surface area (Å²) in [6, 6.07) is 9.82. The Kier molecular flexibility index (Phi) is 4.40. The smallest absolute Gasteiger partial charge is 0.207 e. The molecule has 0 saturated carbocycles. The topological polar surface area (TPSA) is 78.3 Å². The standard InChI is InChI=1S/C17H18N4O2/c1-12-9-21(10-14(23-12)8-19-11-22)16-5-4-13(7-18)17-15(16)3-2-6-20-17/h2-6,11-12,14H,8-10H2,1H3,(H,19,22)/t12-,14+/m1/s1. The van der Waals surface area contributed by atoms with Crippen LogP contribution in [0.15, 0.2) is 30.5 Å². The summed E-state index contributed by atoms with van der Waals surface area (Å²) in [6.45, 7) is 3.94. The molecular formula is C17H18N4O2. The molecule has 2 aromatic rings.